The molecule has 0 aromatic heterocycles. The third-order valence-corrected chi connectivity index (χ3v) is 4.18. The van der Waals surface area contributed by atoms with E-state index in [0.29, 0.717) is 5.39 Å². The van der Waals surface area contributed by atoms with Crippen LogP contribution in [0.25, 0.3) is 10.8 Å². The minimum atomic E-state index is -4.51. The van der Waals surface area contributed by atoms with Gasteiger partial charge in [-0.2, -0.15) is 8.42 Å². The van der Waals surface area contributed by atoms with Gasteiger partial charge in [-0.25, -0.2) is 9.59 Å². The van der Waals surface area contributed by atoms with Gasteiger partial charge in [0.1, 0.15) is 10.6 Å². The first-order chi connectivity index (χ1) is 11.8. The van der Waals surface area contributed by atoms with E-state index in [-0.39, 0.29) is 21.7 Å². The molecular formula is C16H15NO7S. The van der Waals surface area contributed by atoms with Gasteiger partial charge in [0.2, 0.25) is 0 Å². The minimum Gasteiger partial charge on any atom is -0.466 e. The normalized spacial score (nSPS) is 11.9. The fraction of sp³-hybridized carbons (Fsp3) is 0.125. The predicted octanol–water partition coefficient (Wildman–Crippen LogP) is 1.73. The lowest BCUT2D eigenvalue weighted by molar-refractivity contribution is -0.138. The maximum atomic E-state index is 11.9. The zero-order valence-corrected chi connectivity index (χ0v) is 14.2. The Morgan fingerprint density at radius 1 is 1.08 bits per heavy atom. The smallest absolute Gasteiger partial charge is 0.354 e. The molecule has 0 fully saturated rings. The largest absolute Gasteiger partial charge is 0.466 e. The number of carbonyl (C=O) groups is 2. The molecule has 2 aromatic rings. The average Bonchev–Trinajstić information content (AvgIpc) is 2.59. The molecule has 2 N–H and O–H groups in total. The van der Waals surface area contributed by atoms with Crippen LogP contribution in [0.2, 0.25) is 0 Å². The molecule has 0 unspecified atom stereocenters. The van der Waals surface area contributed by atoms with Crippen molar-refractivity contribution >= 4 is 38.5 Å². The summed E-state index contributed by atoms with van der Waals surface area (Å²) >= 11 is 0. The van der Waals surface area contributed by atoms with Crippen molar-refractivity contribution in [2.75, 3.05) is 19.5 Å². The SMILES string of the molecule is COC(=O)/C=C(/Nc1cccc2cccc(S(=O)(=O)O)c12)C(=O)OC. The summed E-state index contributed by atoms with van der Waals surface area (Å²) in [6.07, 6.45) is 0.876. The van der Waals surface area contributed by atoms with Crippen molar-refractivity contribution in [2.45, 2.75) is 4.90 Å². The number of nitrogens with one attached hydrogen (secondary N) is 1. The van der Waals surface area contributed by atoms with Crippen LogP contribution in [0.1, 0.15) is 0 Å². The number of fused-ring (bicyclic) bond motifs is 1. The fourth-order valence-electron chi connectivity index (χ4n) is 2.20. The van der Waals surface area contributed by atoms with Gasteiger partial charge >= 0.3 is 11.9 Å². The highest BCUT2D eigenvalue weighted by molar-refractivity contribution is 7.86. The fourth-order valence-corrected chi connectivity index (χ4v) is 2.94. The molecule has 0 saturated carbocycles. The first kappa shape index (κ1) is 18.4. The van der Waals surface area contributed by atoms with Gasteiger partial charge in [-0.15, -0.1) is 0 Å². The lowest BCUT2D eigenvalue weighted by Crippen LogP contribution is -2.16. The standard InChI is InChI=1S/C16H15NO7S/c1-23-14(18)9-12(16(19)24-2)17-11-7-3-5-10-6-4-8-13(15(10)11)25(20,21)22/h3-9,17H,1-2H3,(H,20,21,22)/b12-9+. The summed E-state index contributed by atoms with van der Waals surface area (Å²) in [6, 6.07) is 9.08. The van der Waals surface area contributed by atoms with Crippen molar-refractivity contribution in [3.8, 4) is 0 Å². The van der Waals surface area contributed by atoms with Crippen LogP contribution in [-0.4, -0.2) is 39.1 Å². The van der Waals surface area contributed by atoms with E-state index < -0.39 is 22.1 Å². The Kier molecular flexibility index (Phi) is 5.40. The van der Waals surface area contributed by atoms with E-state index >= 15 is 0 Å². The molecule has 0 bridgehead atoms. The quantitative estimate of drug-likeness (QED) is 0.467. The van der Waals surface area contributed by atoms with Gasteiger partial charge < -0.3 is 14.8 Å². The molecule has 0 saturated heterocycles. The Hall–Kier alpha value is -2.91. The summed E-state index contributed by atoms with van der Waals surface area (Å²) in [4.78, 5) is 23.0. The second-order valence-corrected chi connectivity index (χ2v) is 6.22. The number of benzene rings is 2. The Morgan fingerprint density at radius 2 is 1.72 bits per heavy atom. The Labute approximate surface area is 143 Å². The van der Waals surface area contributed by atoms with Gasteiger partial charge in [-0.3, -0.25) is 4.55 Å². The second-order valence-electron chi connectivity index (χ2n) is 4.83. The average molecular weight is 365 g/mol. The predicted molar refractivity (Wildman–Crippen MR) is 89.5 cm³/mol. The number of anilines is 1. The van der Waals surface area contributed by atoms with Gasteiger partial charge in [0.25, 0.3) is 10.1 Å². The van der Waals surface area contributed by atoms with Crippen molar-refractivity contribution in [1.29, 1.82) is 0 Å². The van der Waals surface area contributed by atoms with E-state index in [0.717, 1.165) is 20.3 Å². The zero-order valence-electron chi connectivity index (χ0n) is 13.3. The molecule has 0 aliphatic carbocycles. The Bertz CT molecular complexity index is 958. The minimum absolute atomic E-state index is 0.159. The molecule has 0 radical (unpaired) electrons. The van der Waals surface area contributed by atoms with Crippen LogP contribution in [0.5, 0.6) is 0 Å². The van der Waals surface area contributed by atoms with E-state index in [4.69, 9.17) is 0 Å². The van der Waals surface area contributed by atoms with Gasteiger partial charge in [-0.1, -0.05) is 24.3 Å². The number of hydrogen-bond donors (Lipinski definition) is 2. The van der Waals surface area contributed by atoms with Crippen molar-refractivity contribution in [1.82, 2.24) is 0 Å². The molecule has 132 valence electrons. The topological polar surface area (TPSA) is 119 Å². The summed E-state index contributed by atoms with van der Waals surface area (Å²) < 4.78 is 41.8. The highest BCUT2D eigenvalue weighted by Gasteiger charge is 2.19. The van der Waals surface area contributed by atoms with Gasteiger partial charge in [0, 0.05) is 11.1 Å². The Morgan fingerprint density at radius 3 is 2.28 bits per heavy atom. The molecule has 2 aromatic carbocycles. The van der Waals surface area contributed by atoms with Crippen LogP contribution in [0.4, 0.5) is 5.69 Å². The maximum Gasteiger partial charge on any atom is 0.354 e. The zero-order chi connectivity index (χ0) is 18.6. The number of carbonyl (C=O) groups excluding carboxylic acids is 2. The van der Waals surface area contributed by atoms with Crippen molar-refractivity contribution in [3.05, 3.63) is 48.2 Å². The van der Waals surface area contributed by atoms with E-state index in [2.05, 4.69) is 14.8 Å². The number of rotatable bonds is 5. The number of hydrogen-bond acceptors (Lipinski definition) is 7. The summed E-state index contributed by atoms with van der Waals surface area (Å²) in [5.74, 6) is -1.66. The van der Waals surface area contributed by atoms with E-state index in [1.54, 1.807) is 18.2 Å². The molecular weight excluding hydrogens is 350 g/mol. The molecule has 8 nitrogen and oxygen atoms in total. The van der Waals surface area contributed by atoms with Crippen molar-refractivity contribution < 1.29 is 32.0 Å². The monoisotopic (exact) mass is 365 g/mol. The number of esters is 2. The first-order valence-corrected chi connectivity index (χ1v) is 8.36. The van der Waals surface area contributed by atoms with Crippen LogP contribution in [-0.2, 0) is 29.2 Å². The highest BCUT2D eigenvalue weighted by atomic mass is 32.2. The lowest BCUT2D eigenvalue weighted by Gasteiger charge is -2.13. The van der Waals surface area contributed by atoms with Crippen LogP contribution < -0.4 is 5.32 Å². The van der Waals surface area contributed by atoms with Gasteiger partial charge in [0.05, 0.1) is 20.3 Å². The third-order valence-electron chi connectivity index (χ3n) is 3.28. The van der Waals surface area contributed by atoms with Crippen LogP contribution in [0.3, 0.4) is 0 Å². The molecule has 25 heavy (non-hydrogen) atoms. The number of methoxy groups -OCH3 is 2. The summed E-state index contributed by atoms with van der Waals surface area (Å²) in [7, 11) is -2.24. The second kappa shape index (κ2) is 7.32. The Balaban J connectivity index is 2.66. The van der Waals surface area contributed by atoms with E-state index in [1.807, 2.05) is 0 Å². The third kappa shape index (κ3) is 4.14. The number of ether oxygens (including phenoxy) is 2. The van der Waals surface area contributed by atoms with Crippen LogP contribution in [0.15, 0.2) is 53.1 Å². The van der Waals surface area contributed by atoms with E-state index in [9.17, 15) is 22.6 Å². The molecule has 0 aliphatic rings. The van der Waals surface area contributed by atoms with Gasteiger partial charge in [-0.05, 0) is 17.5 Å². The van der Waals surface area contributed by atoms with Gasteiger partial charge in [0.15, 0.2) is 0 Å². The maximum absolute atomic E-state index is 11.9. The summed E-state index contributed by atoms with van der Waals surface area (Å²) in [6.45, 7) is 0. The van der Waals surface area contributed by atoms with E-state index in [1.165, 1.54) is 18.2 Å². The summed E-state index contributed by atoms with van der Waals surface area (Å²) in [5, 5.41) is 3.32. The van der Waals surface area contributed by atoms with Crippen molar-refractivity contribution in [2.24, 2.45) is 0 Å². The van der Waals surface area contributed by atoms with Crippen LogP contribution >= 0.6 is 0 Å². The summed E-state index contributed by atoms with van der Waals surface area (Å²) in [5.41, 5.74) is -0.0710. The molecule has 0 heterocycles. The van der Waals surface area contributed by atoms with Crippen LogP contribution in [0, 0.1) is 0 Å². The molecule has 0 atom stereocenters. The highest BCUT2D eigenvalue weighted by Crippen LogP contribution is 2.30. The molecule has 2 rings (SSSR count). The van der Waals surface area contributed by atoms with Crippen molar-refractivity contribution in [3.63, 3.8) is 0 Å². The first-order valence-electron chi connectivity index (χ1n) is 6.92. The molecule has 0 aliphatic heterocycles. The molecule has 0 spiro atoms. The molecule has 9 heteroatoms. The molecule has 0 amide bonds. The lowest BCUT2D eigenvalue weighted by atomic mass is 10.1.